The molecule has 0 aromatic heterocycles. The van der Waals surface area contributed by atoms with Crippen molar-refractivity contribution in [2.45, 2.75) is 45.3 Å². The highest BCUT2D eigenvalue weighted by Crippen LogP contribution is 2.34. The van der Waals surface area contributed by atoms with Gasteiger partial charge in [-0.1, -0.05) is 60.1 Å². The lowest BCUT2D eigenvalue weighted by Gasteiger charge is -2.35. The summed E-state index contributed by atoms with van der Waals surface area (Å²) in [7, 11) is -2.90. The number of nitro groups is 1. The molecule has 3 aromatic rings. The average molecular weight is 631 g/mol. The van der Waals surface area contributed by atoms with Gasteiger partial charge in [0.05, 0.1) is 18.3 Å². The smallest absolute Gasteiger partial charge is 0.271 e. The van der Waals surface area contributed by atoms with E-state index in [1.807, 2.05) is 51.1 Å². The Kier molecular flexibility index (Phi) is 10.8. The molecule has 1 atom stereocenters. The minimum absolute atomic E-state index is 0.00721. The first kappa shape index (κ1) is 33.3. The molecule has 2 amide bonds. The molecule has 3 aromatic carbocycles. The SMILES string of the molecule is COc1ccc([N+](=O)[O-])cc1N(CC(=O)N(Cc1ccccc1Cl)[C@H](Cc1ccccc1)C(=O)NC(C)(C)C)S(C)(=O)=O. The molecule has 1 N–H and O–H groups in total. The van der Waals surface area contributed by atoms with Crippen molar-refractivity contribution in [2.75, 3.05) is 24.2 Å². The van der Waals surface area contributed by atoms with Gasteiger partial charge in [-0.15, -0.1) is 0 Å². The normalized spacial score (nSPS) is 12.2. The van der Waals surface area contributed by atoms with Crippen LogP contribution in [0.4, 0.5) is 11.4 Å². The molecule has 230 valence electrons. The summed E-state index contributed by atoms with van der Waals surface area (Å²) in [5.41, 5.74) is 0.0902. The minimum atomic E-state index is -4.18. The van der Waals surface area contributed by atoms with E-state index in [-0.39, 0.29) is 24.4 Å². The molecule has 11 nitrogen and oxygen atoms in total. The minimum Gasteiger partial charge on any atom is -0.495 e. The van der Waals surface area contributed by atoms with Crippen molar-refractivity contribution in [1.29, 1.82) is 0 Å². The van der Waals surface area contributed by atoms with Crippen LogP contribution in [0.15, 0.2) is 72.8 Å². The fourth-order valence-electron chi connectivity index (χ4n) is 4.40. The van der Waals surface area contributed by atoms with Gasteiger partial charge in [-0.25, -0.2) is 8.42 Å². The van der Waals surface area contributed by atoms with E-state index in [4.69, 9.17) is 16.3 Å². The lowest BCUT2D eigenvalue weighted by Crippen LogP contribution is -2.56. The number of benzene rings is 3. The average Bonchev–Trinajstić information content (AvgIpc) is 2.93. The van der Waals surface area contributed by atoms with E-state index in [1.165, 1.54) is 24.1 Å². The zero-order valence-electron chi connectivity index (χ0n) is 24.6. The van der Waals surface area contributed by atoms with Crippen LogP contribution in [-0.4, -0.2) is 61.5 Å². The van der Waals surface area contributed by atoms with Crippen LogP contribution in [0.25, 0.3) is 0 Å². The first-order valence-corrected chi connectivity index (χ1v) is 15.5. The maximum absolute atomic E-state index is 14.2. The molecule has 0 bridgehead atoms. The molecule has 0 unspecified atom stereocenters. The largest absolute Gasteiger partial charge is 0.495 e. The molecule has 0 spiro atoms. The zero-order chi connectivity index (χ0) is 31.9. The number of nitrogens with zero attached hydrogens (tertiary/aromatic N) is 3. The summed E-state index contributed by atoms with van der Waals surface area (Å²) >= 11 is 6.46. The number of amides is 2. The summed E-state index contributed by atoms with van der Waals surface area (Å²) in [6, 6.07) is 18.3. The van der Waals surface area contributed by atoms with Crippen LogP contribution in [0.3, 0.4) is 0 Å². The third kappa shape index (κ3) is 9.16. The van der Waals surface area contributed by atoms with Crippen molar-refractivity contribution >= 4 is 44.8 Å². The Hall–Kier alpha value is -4.16. The van der Waals surface area contributed by atoms with Crippen molar-refractivity contribution in [3.05, 3.63) is 99.1 Å². The molecule has 0 aliphatic rings. The number of halogens is 1. The van der Waals surface area contributed by atoms with Gasteiger partial charge in [0.15, 0.2) is 0 Å². The van der Waals surface area contributed by atoms with E-state index in [1.54, 1.807) is 24.3 Å². The first-order valence-electron chi connectivity index (χ1n) is 13.3. The van der Waals surface area contributed by atoms with Gasteiger partial charge in [-0.05, 0) is 44.0 Å². The lowest BCUT2D eigenvalue weighted by atomic mass is 10.0. The van der Waals surface area contributed by atoms with Gasteiger partial charge in [0.1, 0.15) is 24.0 Å². The maximum Gasteiger partial charge on any atom is 0.271 e. The quantitative estimate of drug-likeness (QED) is 0.228. The number of anilines is 1. The van der Waals surface area contributed by atoms with Gasteiger partial charge in [0, 0.05) is 35.7 Å². The number of methoxy groups -OCH3 is 1. The summed E-state index contributed by atoms with van der Waals surface area (Å²) in [4.78, 5) is 40.1. The predicted molar refractivity (Wildman–Crippen MR) is 166 cm³/mol. The number of sulfonamides is 1. The number of hydrogen-bond acceptors (Lipinski definition) is 7. The second-order valence-electron chi connectivity index (χ2n) is 10.9. The number of non-ortho nitro benzene ring substituents is 1. The van der Waals surface area contributed by atoms with Crippen molar-refractivity contribution < 1.29 is 27.7 Å². The Morgan fingerprint density at radius 3 is 2.23 bits per heavy atom. The number of nitro benzene ring substituents is 1. The van der Waals surface area contributed by atoms with Crippen molar-refractivity contribution in [2.24, 2.45) is 0 Å². The van der Waals surface area contributed by atoms with E-state index in [9.17, 15) is 28.1 Å². The summed E-state index contributed by atoms with van der Waals surface area (Å²) in [6.07, 6.45) is 1.00. The number of rotatable bonds is 12. The molecule has 0 aliphatic heterocycles. The number of carbonyl (C=O) groups is 2. The molecule has 0 fully saturated rings. The van der Waals surface area contributed by atoms with E-state index in [0.29, 0.717) is 10.6 Å². The van der Waals surface area contributed by atoms with Gasteiger partial charge in [-0.3, -0.25) is 24.0 Å². The molecule has 0 radical (unpaired) electrons. The van der Waals surface area contributed by atoms with Crippen molar-refractivity contribution in [1.82, 2.24) is 10.2 Å². The second kappa shape index (κ2) is 13.9. The molecule has 3 rings (SSSR count). The molecule has 43 heavy (non-hydrogen) atoms. The molecule has 0 saturated heterocycles. The first-order chi connectivity index (χ1) is 20.1. The standard InChI is InChI=1S/C30H35ClN4O7S/c1-30(2,3)32-29(37)26(17-21-11-7-6-8-12-21)33(19-22-13-9-10-14-24(22)31)28(36)20-34(43(5,40)41)25-18-23(35(38)39)15-16-27(25)42-4/h6-16,18,26H,17,19-20H2,1-5H3,(H,32,37)/t26-/m1/s1. The van der Waals surface area contributed by atoms with E-state index < -0.39 is 50.6 Å². The molecule has 0 aliphatic carbocycles. The highest BCUT2D eigenvalue weighted by atomic mass is 35.5. The highest BCUT2D eigenvalue weighted by Gasteiger charge is 2.35. The van der Waals surface area contributed by atoms with Crippen LogP contribution < -0.4 is 14.4 Å². The molecule has 13 heteroatoms. The number of hydrogen-bond donors (Lipinski definition) is 1. The number of ether oxygens (including phenoxy) is 1. The number of carbonyl (C=O) groups excluding carboxylic acids is 2. The Morgan fingerprint density at radius 1 is 1.05 bits per heavy atom. The highest BCUT2D eigenvalue weighted by molar-refractivity contribution is 7.92. The molecular weight excluding hydrogens is 596 g/mol. The fraction of sp³-hybridized carbons (Fsp3) is 0.333. The molecular formula is C30H35ClN4O7S. The molecule has 0 heterocycles. The van der Waals surface area contributed by atoms with Crippen LogP contribution in [0.5, 0.6) is 5.75 Å². The van der Waals surface area contributed by atoms with Gasteiger partial charge in [0.2, 0.25) is 21.8 Å². The van der Waals surface area contributed by atoms with Crippen molar-refractivity contribution in [3.8, 4) is 5.75 Å². The van der Waals surface area contributed by atoms with Gasteiger partial charge >= 0.3 is 0 Å². The van der Waals surface area contributed by atoms with Crippen LogP contribution >= 0.6 is 11.6 Å². The third-order valence-corrected chi connectivity index (χ3v) is 7.88. The van der Waals surface area contributed by atoms with E-state index >= 15 is 0 Å². The third-order valence-electron chi connectivity index (χ3n) is 6.39. The predicted octanol–water partition coefficient (Wildman–Crippen LogP) is 4.58. The summed E-state index contributed by atoms with van der Waals surface area (Å²) < 4.78 is 32.2. The van der Waals surface area contributed by atoms with Crippen molar-refractivity contribution in [3.63, 3.8) is 0 Å². The summed E-state index contributed by atoms with van der Waals surface area (Å²) in [6.45, 7) is 4.55. The van der Waals surface area contributed by atoms with Crippen LogP contribution in [0.1, 0.15) is 31.9 Å². The fourth-order valence-corrected chi connectivity index (χ4v) is 5.44. The molecule has 0 saturated carbocycles. The van der Waals surface area contributed by atoms with Gasteiger partial charge in [-0.2, -0.15) is 0 Å². The monoisotopic (exact) mass is 630 g/mol. The van der Waals surface area contributed by atoms with Gasteiger partial charge < -0.3 is 15.0 Å². The zero-order valence-corrected chi connectivity index (χ0v) is 26.2. The summed E-state index contributed by atoms with van der Waals surface area (Å²) in [5, 5.41) is 14.8. The van der Waals surface area contributed by atoms with E-state index in [2.05, 4.69) is 5.32 Å². The van der Waals surface area contributed by atoms with Crippen LogP contribution in [0.2, 0.25) is 5.02 Å². The van der Waals surface area contributed by atoms with Crippen LogP contribution in [0, 0.1) is 10.1 Å². The number of nitrogens with one attached hydrogen (secondary N) is 1. The Bertz CT molecular complexity index is 1580. The Labute approximate surface area is 256 Å². The Balaban J connectivity index is 2.16. The topological polar surface area (TPSA) is 139 Å². The maximum atomic E-state index is 14.2. The van der Waals surface area contributed by atoms with E-state index in [0.717, 1.165) is 22.2 Å². The Morgan fingerprint density at radius 2 is 1.67 bits per heavy atom. The second-order valence-corrected chi connectivity index (χ2v) is 13.3. The lowest BCUT2D eigenvalue weighted by molar-refractivity contribution is -0.384. The summed E-state index contributed by atoms with van der Waals surface area (Å²) in [5.74, 6) is -1.17. The van der Waals surface area contributed by atoms with Crippen LogP contribution in [-0.2, 0) is 32.6 Å². The van der Waals surface area contributed by atoms with Gasteiger partial charge in [0.25, 0.3) is 5.69 Å².